The quantitative estimate of drug-likeness (QED) is 0.0721. The Morgan fingerprint density at radius 1 is 0.380 bits per heavy atom. The second-order valence-electron chi connectivity index (χ2n) is 11.3. The smallest absolute Gasteiger partial charge is 0.128 e. The summed E-state index contributed by atoms with van der Waals surface area (Å²) in [5.74, 6) is 8.21. The van der Waals surface area contributed by atoms with Gasteiger partial charge in [-0.3, -0.25) is 0 Å². The Balaban J connectivity index is 1.11. The van der Waals surface area contributed by atoms with Crippen LogP contribution in [0.1, 0.15) is 11.1 Å². The molecular formula is C44H38O6. The van der Waals surface area contributed by atoms with Gasteiger partial charge < -0.3 is 28.4 Å². The number of fused-ring (bicyclic) bond motifs is 2. The van der Waals surface area contributed by atoms with Crippen molar-refractivity contribution < 1.29 is 28.4 Å². The average molecular weight is 663 g/mol. The van der Waals surface area contributed by atoms with Crippen LogP contribution in [0.25, 0.3) is 32.7 Å². The molecule has 6 aromatic rings. The second-order valence-corrected chi connectivity index (χ2v) is 11.3. The van der Waals surface area contributed by atoms with E-state index in [4.69, 9.17) is 41.3 Å². The van der Waals surface area contributed by atoms with Gasteiger partial charge in [-0.1, -0.05) is 72.5 Å². The van der Waals surface area contributed by atoms with Gasteiger partial charge in [-0.05, 0) is 82.2 Å². The molecule has 0 heterocycles. The number of ether oxygens (including phenoxy) is 6. The molecule has 0 saturated heterocycles. The molecule has 6 heteroatoms. The van der Waals surface area contributed by atoms with Crippen LogP contribution in [0.4, 0.5) is 0 Å². The number of terminal acetylenes is 2. The first kappa shape index (κ1) is 34.0. The molecule has 0 bridgehead atoms. The largest absolute Gasteiger partial charge is 0.491 e. The molecular weight excluding hydrogens is 624 g/mol. The first-order valence-corrected chi connectivity index (χ1v) is 16.6. The van der Waals surface area contributed by atoms with Crippen molar-refractivity contribution in [1.82, 2.24) is 0 Å². The predicted octanol–water partition coefficient (Wildman–Crippen LogP) is 8.57. The molecule has 0 aromatic heterocycles. The third kappa shape index (κ3) is 8.75. The molecule has 0 aliphatic heterocycles. The van der Waals surface area contributed by atoms with Gasteiger partial charge in [-0.2, -0.15) is 0 Å². The van der Waals surface area contributed by atoms with Crippen LogP contribution in [0.15, 0.2) is 121 Å². The number of hydrogen-bond donors (Lipinski definition) is 0. The van der Waals surface area contributed by atoms with Gasteiger partial charge in [-0.25, -0.2) is 0 Å². The van der Waals surface area contributed by atoms with Crippen LogP contribution in [-0.4, -0.2) is 52.9 Å². The van der Waals surface area contributed by atoms with Crippen molar-refractivity contribution in [3.05, 3.63) is 132 Å². The van der Waals surface area contributed by atoms with Crippen molar-refractivity contribution >= 4 is 21.5 Å². The normalized spacial score (nSPS) is 10.8. The van der Waals surface area contributed by atoms with E-state index in [1.54, 1.807) is 0 Å². The average Bonchev–Trinajstić information content (AvgIpc) is 3.17. The Bertz CT molecular complexity index is 1940. The first-order valence-electron chi connectivity index (χ1n) is 16.6. The highest BCUT2D eigenvalue weighted by Crippen LogP contribution is 2.45. The molecule has 0 radical (unpaired) electrons. The molecule has 0 atom stereocenters. The third-order valence-electron chi connectivity index (χ3n) is 8.04. The topological polar surface area (TPSA) is 55.4 Å². The summed E-state index contributed by atoms with van der Waals surface area (Å²) in [5.41, 5.74) is 3.58. The zero-order chi connectivity index (χ0) is 34.4. The van der Waals surface area contributed by atoms with Crippen LogP contribution in [0.3, 0.4) is 0 Å². The fraction of sp³-hybridized carbons (Fsp3) is 0.182. The molecule has 6 rings (SSSR count). The van der Waals surface area contributed by atoms with Gasteiger partial charge in [0.2, 0.25) is 0 Å². The minimum atomic E-state index is 0.368. The summed E-state index contributed by atoms with van der Waals surface area (Å²) in [6.07, 6.45) is 10.9. The van der Waals surface area contributed by atoms with Crippen LogP contribution in [0.2, 0.25) is 0 Å². The van der Waals surface area contributed by atoms with E-state index in [1.807, 2.05) is 84.9 Å². The van der Waals surface area contributed by atoms with Crippen LogP contribution in [-0.2, 0) is 9.47 Å². The maximum absolute atomic E-state index is 6.42. The first-order chi connectivity index (χ1) is 24.7. The molecule has 0 aliphatic rings. The second kappa shape index (κ2) is 17.5. The zero-order valence-corrected chi connectivity index (χ0v) is 27.8. The predicted molar refractivity (Wildman–Crippen MR) is 199 cm³/mol. The lowest BCUT2D eigenvalue weighted by atomic mass is 9.92. The molecule has 0 aliphatic carbocycles. The molecule has 0 amide bonds. The number of rotatable bonds is 17. The Morgan fingerprint density at radius 2 is 0.760 bits per heavy atom. The van der Waals surface area contributed by atoms with E-state index in [0.29, 0.717) is 52.9 Å². The summed E-state index contributed by atoms with van der Waals surface area (Å²) < 4.78 is 36.1. The summed E-state index contributed by atoms with van der Waals surface area (Å²) >= 11 is 0. The number of benzene rings is 6. The summed E-state index contributed by atoms with van der Waals surface area (Å²) in [7, 11) is 0. The maximum atomic E-state index is 6.42. The van der Waals surface area contributed by atoms with Crippen LogP contribution in [0, 0.1) is 24.7 Å². The van der Waals surface area contributed by atoms with Crippen LogP contribution >= 0.6 is 0 Å². The van der Waals surface area contributed by atoms with Crippen molar-refractivity contribution in [1.29, 1.82) is 0 Å². The molecule has 6 nitrogen and oxygen atoms in total. The highest BCUT2D eigenvalue weighted by molar-refractivity contribution is 6.09. The monoisotopic (exact) mass is 662 g/mol. The van der Waals surface area contributed by atoms with Gasteiger partial charge in [-0.15, -0.1) is 12.8 Å². The molecule has 0 spiro atoms. The van der Waals surface area contributed by atoms with E-state index in [2.05, 4.69) is 48.2 Å². The summed E-state index contributed by atoms with van der Waals surface area (Å²) in [4.78, 5) is 0. The van der Waals surface area contributed by atoms with Gasteiger partial charge in [0.05, 0.1) is 26.4 Å². The Labute approximate surface area is 293 Å². The zero-order valence-electron chi connectivity index (χ0n) is 27.8. The Morgan fingerprint density at radius 3 is 1.16 bits per heavy atom. The van der Waals surface area contributed by atoms with Crippen molar-refractivity contribution in [2.75, 3.05) is 52.9 Å². The van der Waals surface area contributed by atoms with Gasteiger partial charge in [0.15, 0.2) is 0 Å². The summed E-state index contributed by atoms with van der Waals surface area (Å²) in [6, 6.07) is 39.7. The summed E-state index contributed by atoms with van der Waals surface area (Å²) in [6.45, 7) is 3.25. The van der Waals surface area contributed by atoms with Crippen LogP contribution < -0.4 is 18.9 Å². The molecule has 0 saturated carbocycles. The number of hydrogen-bond acceptors (Lipinski definition) is 6. The van der Waals surface area contributed by atoms with E-state index in [0.717, 1.165) is 66.8 Å². The van der Waals surface area contributed by atoms with E-state index in [9.17, 15) is 0 Å². The highest BCUT2D eigenvalue weighted by atomic mass is 16.6. The molecule has 6 aromatic carbocycles. The third-order valence-corrected chi connectivity index (χ3v) is 8.04. The Hall–Kier alpha value is -5.92. The van der Waals surface area contributed by atoms with Crippen LogP contribution in [0.5, 0.6) is 23.0 Å². The van der Waals surface area contributed by atoms with E-state index >= 15 is 0 Å². The molecule has 0 N–H and O–H groups in total. The highest BCUT2D eigenvalue weighted by Gasteiger charge is 2.19. The fourth-order valence-corrected chi connectivity index (χ4v) is 5.62. The molecule has 250 valence electrons. The van der Waals surface area contributed by atoms with E-state index < -0.39 is 0 Å². The SMILES string of the molecule is C#Cc1ccc(OCCOCCOc2ccc3ccccc3c2-c2c(OCCOCCOc3ccc(C#C)cc3)ccc3ccccc23)cc1. The van der Waals surface area contributed by atoms with Crippen molar-refractivity contribution in [3.63, 3.8) is 0 Å². The maximum Gasteiger partial charge on any atom is 0.128 e. The van der Waals surface area contributed by atoms with Crippen molar-refractivity contribution in [2.45, 2.75) is 0 Å². The van der Waals surface area contributed by atoms with Crippen molar-refractivity contribution in [2.24, 2.45) is 0 Å². The molecule has 0 fully saturated rings. The van der Waals surface area contributed by atoms with Gasteiger partial charge in [0.1, 0.15) is 49.4 Å². The standard InChI is InChI=1S/C44H38O6/c1-3-33-13-19-37(20-14-33)47-29-25-45-27-31-49-41-23-17-35-9-5-7-11-39(35)43(41)44-40-12-8-6-10-36(40)18-24-42(44)50-32-28-46-26-30-48-38-21-15-34(4-2)16-22-38/h1-2,5-24H,25-32H2. The fourth-order valence-electron chi connectivity index (χ4n) is 5.62. The van der Waals surface area contributed by atoms with Gasteiger partial charge >= 0.3 is 0 Å². The Kier molecular flexibility index (Phi) is 11.9. The minimum absolute atomic E-state index is 0.368. The lowest BCUT2D eigenvalue weighted by Gasteiger charge is -2.20. The van der Waals surface area contributed by atoms with E-state index in [1.165, 1.54) is 0 Å². The van der Waals surface area contributed by atoms with Gasteiger partial charge in [0, 0.05) is 22.3 Å². The lowest BCUT2D eigenvalue weighted by molar-refractivity contribution is 0.0762. The molecule has 50 heavy (non-hydrogen) atoms. The lowest BCUT2D eigenvalue weighted by Crippen LogP contribution is -2.13. The van der Waals surface area contributed by atoms with Crippen molar-refractivity contribution in [3.8, 4) is 58.8 Å². The summed E-state index contributed by atoms with van der Waals surface area (Å²) in [5, 5.41) is 4.35. The van der Waals surface area contributed by atoms with E-state index in [-0.39, 0.29) is 0 Å². The van der Waals surface area contributed by atoms with Gasteiger partial charge in [0.25, 0.3) is 0 Å². The molecule has 0 unspecified atom stereocenters. The minimum Gasteiger partial charge on any atom is -0.491 e.